The van der Waals surface area contributed by atoms with Crippen LogP contribution in [0.2, 0.25) is 0 Å². The minimum Gasteiger partial charge on any atom is -0.460 e. The fourth-order valence-electron chi connectivity index (χ4n) is 1.70. The highest BCUT2D eigenvalue weighted by molar-refractivity contribution is 5.74. The first-order valence-corrected chi connectivity index (χ1v) is 5.94. The van der Waals surface area contributed by atoms with Gasteiger partial charge < -0.3 is 9.84 Å². The van der Waals surface area contributed by atoms with Crippen molar-refractivity contribution in [3.05, 3.63) is 12.7 Å². The van der Waals surface area contributed by atoms with Gasteiger partial charge in [-0.25, -0.2) is 0 Å². The molecule has 0 aromatic rings. The Morgan fingerprint density at radius 3 is 1.88 bits per heavy atom. The first-order chi connectivity index (χ1) is 7.35. The van der Waals surface area contributed by atoms with Crippen molar-refractivity contribution in [2.45, 2.75) is 59.7 Å². The molecule has 0 aliphatic heterocycles. The van der Waals surface area contributed by atoms with E-state index >= 15 is 0 Å². The van der Waals surface area contributed by atoms with Crippen molar-refractivity contribution in [2.75, 3.05) is 0 Å². The van der Waals surface area contributed by atoms with E-state index < -0.39 is 28.5 Å². The number of hydrogen-bond donors (Lipinski definition) is 1. The topological polar surface area (TPSA) is 46.5 Å². The molecule has 1 N–H and O–H groups in total. The van der Waals surface area contributed by atoms with Gasteiger partial charge >= 0.3 is 5.97 Å². The predicted octanol–water partition coefficient (Wildman–Crippen LogP) is 2.93. The van der Waals surface area contributed by atoms with Crippen LogP contribution < -0.4 is 0 Å². The van der Waals surface area contributed by atoms with Crippen LogP contribution in [0.3, 0.4) is 0 Å². The summed E-state index contributed by atoms with van der Waals surface area (Å²) in [7, 11) is 0. The molecule has 0 aromatic heterocycles. The fourth-order valence-corrected chi connectivity index (χ4v) is 1.70. The fraction of sp³-hybridized carbons (Fsp3) is 0.786. The van der Waals surface area contributed by atoms with Gasteiger partial charge in [0.15, 0.2) is 0 Å². The van der Waals surface area contributed by atoms with Crippen molar-refractivity contribution >= 4 is 5.97 Å². The summed E-state index contributed by atoms with van der Waals surface area (Å²) in [6.45, 7) is 16.3. The Morgan fingerprint density at radius 1 is 1.24 bits per heavy atom. The first kappa shape index (κ1) is 16.2. The number of rotatable bonds is 3. The maximum atomic E-state index is 12.0. The maximum Gasteiger partial charge on any atom is 0.312 e. The molecule has 0 rings (SSSR count). The Morgan fingerprint density at radius 2 is 1.65 bits per heavy atom. The number of carbonyl (C=O) groups is 1. The third kappa shape index (κ3) is 3.84. The predicted molar refractivity (Wildman–Crippen MR) is 69.6 cm³/mol. The highest BCUT2D eigenvalue weighted by Gasteiger charge is 2.46. The van der Waals surface area contributed by atoms with E-state index in [0.717, 1.165) is 0 Å². The monoisotopic (exact) mass is 242 g/mol. The lowest BCUT2D eigenvalue weighted by Gasteiger charge is -2.41. The van der Waals surface area contributed by atoms with E-state index in [1.807, 2.05) is 41.5 Å². The second-order valence-corrected chi connectivity index (χ2v) is 6.53. The molecule has 0 bridgehead atoms. The number of hydrogen-bond acceptors (Lipinski definition) is 3. The molecule has 0 fully saturated rings. The van der Waals surface area contributed by atoms with Crippen LogP contribution in [0.25, 0.3) is 0 Å². The van der Waals surface area contributed by atoms with Gasteiger partial charge in [-0.3, -0.25) is 4.79 Å². The Labute approximate surface area is 105 Å². The summed E-state index contributed by atoms with van der Waals surface area (Å²) in [4.78, 5) is 12.0. The largest absolute Gasteiger partial charge is 0.460 e. The third-order valence-electron chi connectivity index (χ3n) is 2.93. The maximum absolute atomic E-state index is 12.0. The van der Waals surface area contributed by atoms with Gasteiger partial charge in [-0.1, -0.05) is 26.8 Å². The molecule has 0 radical (unpaired) electrons. The molecule has 100 valence electrons. The minimum absolute atomic E-state index is 0.408. The van der Waals surface area contributed by atoms with Gasteiger partial charge in [0, 0.05) is 0 Å². The van der Waals surface area contributed by atoms with Gasteiger partial charge in [-0.15, -0.1) is 6.58 Å². The smallest absolute Gasteiger partial charge is 0.312 e. The summed E-state index contributed by atoms with van der Waals surface area (Å²) in [5, 5.41) is 10.6. The quantitative estimate of drug-likeness (QED) is 0.611. The summed E-state index contributed by atoms with van der Waals surface area (Å²) < 4.78 is 5.30. The minimum atomic E-state index is -1.28. The number of carbonyl (C=O) groups excluding carboxylic acids is 1. The van der Waals surface area contributed by atoms with E-state index in [4.69, 9.17) is 4.74 Å². The van der Waals surface area contributed by atoms with Gasteiger partial charge in [0.1, 0.15) is 11.2 Å². The zero-order chi connectivity index (χ0) is 14.1. The molecule has 0 aromatic carbocycles. The van der Waals surface area contributed by atoms with E-state index in [0.29, 0.717) is 0 Å². The molecular weight excluding hydrogens is 216 g/mol. The molecular formula is C14H26O3. The molecule has 0 saturated carbocycles. The second-order valence-electron chi connectivity index (χ2n) is 6.53. The van der Waals surface area contributed by atoms with Crippen molar-refractivity contribution < 1.29 is 14.6 Å². The first-order valence-electron chi connectivity index (χ1n) is 5.94. The van der Waals surface area contributed by atoms with E-state index in [1.165, 1.54) is 6.08 Å². The molecule has 17 heavy (non-hydrogen) atoms. The van der Waals surface area contributed by atoms with E-state index in [2.05, 4.69) is 6.58 Å². The Kier molecular flexibility index (Phi) is 4.57. The molecule has 3 heteroatoms. The van der Waals surface area contributed by atoms with Crippen molar-refractivity contribution in [3.8, 4) is 0 Å². The van der Waals surface area contributed by atoms with Crippen molar-refractivity contribution in [1.29, 1.82) is 0 Å². The Bertz CT molecular complexity index is 294. The molecule has 2 atom stereocenters. The highest BCUT2D eigenvalue weighted by atomic mass is 16.6. The molecule has 0 spiro atoms. The molecule has 0 heterocycles. The van der Waals surface area contributed by atoms with Crippen molar-refractivity contribution in [1.82, 2.24) is 0 Å². The van der Waals surface area contributed by atoms with Crippen LogP contribution in [0.5, 0.6) is 0 Å². The second kappa shape index (κ2) is 4.81. The lowest BCUT2D eigenvalue weighted by Crippen LogP contribution is -2.50. The Balaban J connectivity index is 5.08. The average molecular weight is 242 g/mol. The number of aliphatic hydroxyl groups is 1. The highest BCUT2D eigenvalue weighted by Crippen LogP contribution is 2.38. The van der Waals surface area contributed by atoms with Crippen LogP contribution in [-0.4, -0.2) is 22.3 Å². The van der Waals surface area contributed by atoms with Gasteiger partial charge in [-0.2, -0.15) is 0 Å². The molecule has 0 saturated heterocycles. The zero-order valence-corrected chi connectivity index (χ0v) is 12.1. The molecule has 0 amide bonds. The van der Waals surface area contributed by atoms with Crippen LogP contribution in [0.4, 0.5) is 0 Å². The van der Waals surface area contributed by atoms with E-state index in [1.54, 1.807) is 6.92 Å². The molecule has 0 aliphatic carbocycles. The average Bonchev–Trinajstić information content (AvgIpc) is 2.10. The third-order valence-corrected chi connectivity index (χ3v) is 2.93. The SMILES string of the molecule is C=CC(O)(C(C)C(=O)OC(C)(C)C)C(C)(C)C. The summed E-state index contributed by atoms with van der Waals surface area (Å²) in [6, 6.07) is 0. The van der Waals surface area contributed by atoms with Gasteiger partial charge in [0.2, 0.25) is 0 Å². The molecule has 2 unspecified atom stereocenters. The lowest BCUT2D eigenvalue weighted by atomic mass is 9.69. The van der Waals surface area contributed by atoms with Crippen LogP contribution in [-0.2, 0) is 9.53 Å². The van der Waals surface area contributed by atoms with E-state index in [-0.39, 0.29) is 0 Å². The van der Waals surface area contributed by atoms with Crippen molar-refractivity contribution in [2.24, 2.45) is 11.3 Å². The lowest BCUT2D eigenvalue weighted by molar-refractivity contribution is -0.172. The summed E-state index contributed by atoms with van der Waals surface area (Å²) in [6.07, 6.45) is 1.43. The summed E-state index contributed by atoms with van der Waals surface area (Å²) in [5.74, 6) is -1.06. The molecule has 0 aliphatic rings. The summed E-state index contributed by atoms with van der Waals surface area (Å²) >= 11 is 0. The van der Waals surface area contributed by atoms with Crippen molar-refractivity contribution in [3.63, 3.8) is 0 Å². The Hall–Kier alpha value is -0.830. The zero-order valence-electron chi connectivity index (χ0n) is 12.1. The van der Waals surface area contributed by atoms with Gasteiger partial charge in [0.25, 0.3) is 0 Å². The van der Waals surface area contributed by atoms with Crippen LogP contribution in [0.1, 0.15) is 48.5 Å². The van der Waals surface area contributed by atoms with Crippen LogP contribution >= 0.6 is 0 Å². The number of esters is 1. The standard InChI is InChI=1S/C14H26O3/c1-9-14(16,12(3,4)5)10(2)11(15)17-13(6,7)8/h9-10,16H,1H2,2-8H3. The van der Waals surface area contributed by atoms with Crippen LogP contribution in [0.15, 0.2) is 12.7 Å². The number of ether oxygens (including phenoxy) is 1. The normalized spacial score (nSPS) is 18.1. The van der Waals surface area contributed by atoms with E-state index in [9.17, 15) is 9.90 Å². The van der Waals surface area contributed by atoms with Crippen LogP contribution in [0, 0.1) is 11.3 Å². The van der Waals surface area contributed by atoms with Gasteiger partial charge in [-0.05, 0) is 33.1 Å². The molecule has 3 nitrogen and oxygen atoms in total. The summed E-state index contributed by atoms with van der Waals surface area (Å²) in [5.41, 5.74) is -2.31. The van der Waals surface area contributed by atoms with Gasteiger partial charge in [0.05, 0.1) is 5.92 Å².